The van der Waals surface area contributed by atoms with Gasteiger partial charge in [-0.05, 0) is 17.7 Å². The maximum Gasteiger partial charge on any atom is 0.180 e. The molecule has 6 heteroatoms. The monoisotopic (exact) mass is 268 g/mol. The summed E-state index contributed by atoms with van der Waals surface area (Å²) in [5.41, 5.74) is 6.55. The van der Waals surface area contributed by atoms with E-state index in [-0.39, 0.29) is 0 Å². The van der Waals surface area contributed by atoms with E-state index in [4.69, 9.17) is 26.8 Å². The number of benzene rings is 1. The molecule has 0 amide bonds. The Bertz CT molecular complexity index is 571. The molecule has 2 heterocycles. The molecular weight excluding hydrogens is 260 g/mol. The molecule has 88 valence electrons. The van der Waals surface area contributed by atoms with E-state index >= 15 is 0 Å². The predicted octanol–water partition coefficient (Wildman–Crippen LogP) is 2.82. The van der Waals surface area contributed by atoms with Gasteiger partial charge in [0, 0.05) is 6.20 Å². The minimum absolute atomic E-state index is 0.527. The third kappa shape index (κ3) is 1.92. The first kappa shape index (κ1) is 10.7. The molecule has 0 aliphatic carbocycles. The van der Waals surface area contributed by atoms with Crippen LogP contribution in [0.1, 0.15) is 0 Å². The molecule has 0 fully saturated rings. The van der Waals surface area contributed by atoms with E-state index in [9.17, 15) is 0 Å². The molecule has 1 aromatic heterocycles. The van der Waals surface area contributed by atoms with Gasteiger partial charge in [-0.2, -0.15) is 0 Å². The zero-order valence-electron chi connectivity index (χ0n) is 8.77. The Balaban J connectivity index is 2.10. The number of halogens is 1. The van der Waals surface area contributed by atoms with E-state index in [1.807, 2.05) is 12.1 Å². The molecule has 4 nitrogen and oxygen atoms in total. The van der Waals surface area contributed by atoms with Crippen molar-refractivity contribution in [3.8, 4) is 21.9 Å². The minimum Gasteiger partial charge on any atom is -0.486 e. The summed E-state index contributed by atoms with van der Waals surface area (Å²) in [6, 6.07) is 3.73. The third-order valence-corrected chi connectivity index (χ3v) is 3.56. The fourth-order valence-electron chi connectivity index (χ4n) is 1.67. The lowest BCUT2D eigenvalue weighted by molar-refractivity contribution is 0.172. The molecule has 1 aliphatic heterocycles. The van der Waals surface area contributed by atoms with E-state index in [0.717, 1.165) is 10.4 Å². The van der Waals surface area contributed by atoms with Crippen LogP contribution in [0.2, 0.25) is 5.02 Å². The van der Waals surface area contributed by atoms with Crippen molar-refractivity contribution in [2.24, 2.45) is 0 Å². The number of anilines is 1. The van der Waals surface area contributed by atoms with Gasteiger partial charge in [0.1, 0.15) is 13.2 Å². The number of hydrogen-bond acceptors (Lipinski definition) is 5. The van der Waals surface area contributed by atoms with Crippen LogP contribution in [0, 0.1) is 0 Å². The van der Waals surface area contributed by atoms with E-state index in [1.165, 1.54) is 11.3 Å². The summed E-state index contributed by atoms with van der Waals surface area (Å²) in [5.74, 6) is 1.28. The van der Waals surface area contributed by atoms with Crippen molar-refractivity contribution in [2.45, 2.75) is 0 Å². The van der Waals surface area contributed by atoms with Crippen LogP contribution in [0.15, 0.2) is 18.3 Å². The summed E-state index contributed by atoms with van der Waals surface area (Å²) in [7, 11) is 0. The summed E-state index contributed by atoms with van der Waals surface area (Å²) in [4.78, 5) is 4.98. The molecule has 2 N–H and O–H groups in total. The number of hydrogen-bond donors (Lipinski definition) is 1. The van der Waals surface area contributed by atoms with Gasteiger partial charge in [-0.1, -0.05) is 22.9 Å². The standard InChI is InChI=1S/C11H9ClN2O2S/c12-7-3-6(9-5-14-11(13)17-9)4-8-10(7)16-2-1-15-8/h3-5H,1-2H2,(H2,13,14). The van der Waals surface area contributed by atoms with Crippen molar-refractivity contribution >= 4 is 28.1 Å². The lowest BCUT2D eigenvalue weighted by Crippen LogP contribution is -2.15. The molecule has 17 heavy (non-hydrogen) atoms. The van der Waals surface area contributed by atoms with Crippen LogP contribution >= 0.6 is 22.9 Å². The van der Waals surface area contributed by atoms with Crippen molar-refractivity contribution in [1.82, 2.24) is 4.98 Å². The Morgan fingerprint density at radius 1 is 1.29 bits per heavy atom. The van der Waals surface area contributed by atoms with Crippen LogP contribution in [0.5, 0.6) is 11.5 Å². The van der Waals surface area contributed by atoms with Crippen LogP contribution in [0.4, 0.5) is 5.13 Å². The molecule has 0 unspecified atom stereocenters. The van der Waals surface area contributed by atoms with Gasteiger partial charge >= 0.3 is 0 Å². The highest BCUT2D eigenvalue weighted by Gasteiger charge is 2.17. The van der Waals surface area contributed by atoms with Gasteiger partial charge in [-0.15, -0.1) is 0 Å². The summed E-state index contributed by atoms with van der Waals surface area (Å²) in [6.07, 6.45) is 1.72. The van der Waals surface area contributed by atoms with Crippen molar-refractivity contribution < 1.29 is 9.47 Å². The van der Waals surface area contributed by atoms with E-state index in [0.29, 0.717) is 34.9 Å². The summed E-state index contributed by atoms with van der Waals surface area (Å²) in [5, 5.41) is 1.08. The van der Waals surface area contributed by atoms with Crippen molar-refractivity contribution in [2.75, 3.05) is 18.9 Å². The molecule has 0 bridgehead atoms. The second-order valence-electron chi connectivity index (χ2n) is 3.55. The SMILES string of the molecule is Nc1ncc(-c2cc(Cl)c3c(c2)OCCO3)s1. The van der Waals surface area contributed by atoms with Crippen molar-refractivity contribution in [1.29, 1.82) is 0 Å². The Hall–Kier alpha value is -1.46. The largest absolute Gasteiger partial charge is 0.486 e. The first-order valence-electron chi connectivity index (χ1n) is 5.05. The van der Waals surface area contributed by atoms with E-state index in [2.05, 4.69) is 4.98 Å². The second-order valence-corrected chi connectivity index (χ2v) is 5.01. The Kier molecular flexibility index (Phi) is 2.57. The number of nitrogens with two attached hydrogens (primary N) is 1. The minimum atomic E-state index is 0.527. The Morgan fingerprint density at radius 2 is 2.12 bits per heavy atom. The van der Waals surface area contributed by atoms with Crippen LogP contribution in [0.25, 0.3) is 10.4 Å². The summed E-state index contributed by atoms with van der Waals surface area (Å²) >= 11 is 7.56. The van der Waals surface area contributed by atoms with Crippen LogP contribution in [-0.4, -0.2) is 18.2 Å². The van der Waals surface area contributed by atoms with Gasteiger partial charge in [0.15, 0.2) is 16.6 Å². The normalized spacial score (nSPS) is 13.7. The highest BCUT2D eigenvalue weighted by Crippen LogP contribution is 2.42. The third-order valence-electron chi connectivity index (χ3n) is 2.40. The predicted molar refractivity (Wildman–Crippen MR) is 68.0 cm³/mol. The van der Waals surface area contributed by atoms with Gasteiger partial charge in [0.25, 0.3) is 0 Å². The number of fused-ring (bicyclic) bond motifs is 1. The Labute approximate surface area is 107 Å². The number of nitrogen functional groups attached to an aromatic ring is 1. The fourth-order valence-corrected chi connectivity index (χ4v) is 2.61. The average molecular weight is 269 g/mol. The quantitative estimate of drug-likeness (QED) is 0.864. The number of aromatic nitrogens is 1. The van der Waals surface area contributed by atoms with Crippen molar-refractivity contribution in [3.63, 3.8) is 0 Å². The van der Waals surface area contributed by atoms with Crippen molar-refractivity contribution in [3.05, 3.63) is 23.4 Å². The molecule has 2 aromatic rings. The van der Waals surface area contributed by atoms with Crippen LogP contribution in [0.3, 0.4) is 0 Å². The number of rotatable bonds is 1. The summed E-state index contributed by atoms with van der Waals surface area (Å²) in [6.45, 7) is 1.07. The van der Waals surface area contributed by atoms with E-state index in [1.54, 1.807) is 6.20 Å². The molecular formula is C11H9ClN2O2S. The molecule has 3 rings (SSSR count). The highest BCUT2D eigenvalue weighted by atomic mass is 35.5. The maximum absolute atomic E-state index is 6.15. The van der Waals surface area contributed by atoms with Crippen LogP contribution < -0.4 is 15.2 Å². The second kappa shape index (κ2) is 4.09. The molecule has 0 radical (unpaired) electrons. The zero-order chi connectivity index (χ0) is 11.8. The fraction of sp³-hybridized carbons (Fsp3) is 0.182. The molecule has 0 saturated heterocycles. The van der Waals surface area contributed by atoms with Gasteiger partial charge < -0.3 is 15.2 Å². The van der Waals surface area contributed by atoms with Gasteiger partial charge in [0.2, 0.25) is 0 Å². The highest BCUT2D eigenvalue weighted by molar-refractivity contribution is 7.18. The molecule has 0 saturated carbocycles. The van der Waals surface area contributed by atoms with Gasteiger partial charge in [-0.25, -0.2) is 4.98 Å². The van der Waals surface area contributed by atoms with Gasteiger partial charge in [-0.3, -0.25) is 0 Å². The number of ether oxygens (including phenoxy) is 2. The molecule has 0 spiro atoms. The van der Waals surface area contributed by atoms with Gasteiger partial charge in [0.05, 0.1) is 9.90 Å². The van der Waals surface area contributed by atoms with E-state index < -0.39 is 0 Å². The zero-order valence-corrected chi connectivity index (χ0v) is 10.3. The number of thiazole rings is 1. The first-order chi connectivity index (χ1) is 8.24. The van der Waals surface area contributed by atoms with Crippen LogP contribution in [-0.2, 0) is 0 Å². The number of nitrogens with zero attached hydrogens (tertiary/aromatic N) is 1. The smallest absolute Gasteiger partial charge is 0.180 e. The molecule has 1 aromatic carbocycles. The maximum atomic E-state index is 6.15. The first-order valence-corrected chi connectivity index (χ1v) is 6.24. The molecule has 1 aliphatic rings. The lowest BCUT2D eigenvalue weighted by Gasteiger charge is -2.19. The Morgan fingerprint density at radius 3 is 2.88 bits per heavy atom. The summed E-state index contributed by atoms with van der Waals surface area (Å²) < 4.78 is 11.0. The topological polar surface area (TPSA) is 57.4 Å². The molecule has 0 atom stereocenters. The average Bonchev–Trinajstić information content (AvgIpc) is 2.76. The lowest BCUT2D eigenvalue weighted by atomic mass is 10.1.